The summed E-state index contributed by atoms with van der Waals surface area (Å²) in [6.45, 7) is 1.14. The fraction of sp³-hybridized carbons (Fsp3) is 0.118. The van der Waals surface area contributed by atoms with Crippen molar-refractivity contribution >= 4 is 51.5 Å². The first-order chi connectivity index (χ1) is 11.8. The minimum Gasteiger partial charge on any atom is -0.386 e. The van der Waals surface area contributed by atoms with Crippen molar-refractivity contribution < 1.29 is 13.9 Å². The van der Waals surface area contributed by atoms with Gasteiger partial charge >= 0.3 is 5.29 Å². The van der Waals surface area contributed by atoms with Crippen molar-refractivity contribution in [2.75, 3.05) is 6.61 Å². The van der Waals surface area contributed by atoms with E-state index in [2.05, 4.69) is 4.99 Å². The van der Waals surface area contributed by atoms with Gasteiger partial charge in [0.25, 0.3) is 0 Å². The third-order valence-electron chi connectivity index (χ3n) is 4.05. The zero-order valence-electron chi connectivity index (χ0n) is 12.9. The number of allylic oxidation sites excluding steroid dienone is 1. The minimum absolute atomic E-state index is 0.00619. The molecule has 0 fully saturated rings. The maximum absolute atomic E-state index is 14.8. The van der Waals surface area contributed by atoms with Gasteiger partial charge in [0, 0.05) is 17.7 Å². The molecule has 0 saturated heterocycles. The molecule has 1 N–H and O–H groups in total. The Morgan fingerprint density at radius 1 is 1.08 bits per heavy atom. The molecular weight excluding hydrogens is 393 g/mol. The van der Waals surface area contributed by atoms with E-state index in [9.17, 15) is 13.9 Å². The van der Waals surface area contributed by atoms with Gasteiger partial charge in [0.2, 0.25) is 5.69 Å². The number of hydrogen-bond acceptors (Lipinski definition) is 2. The Bertz CT molecular complexity index is 910. The quantitative estimate of drug-likeness (QED) is 0.513. The van der Waals surface area contributed by atoms with Crippen LogP contribution >= 0.6 is 34.8 Å². The molecule has 0 amide bonds. The summed E-state index contributed by atoms with van der Waals surface area (Å²) in [4.78, 5) is 4.19. The van der Waals surface area contributed by atoms with E-state index in [1.807, 2.05) is 0 Å². The molecule has 3 nitrogen and oxygen atoms in total. The van der Waals surface area contributed by atoms with Gasteiger partial charge in [-0.25, -0.2) is 8.78 Å². The van der Waals surface area contributed by atoms with E-state index >= 15 is 0 Å². The average Bonchev–Trinajstić information content (AvgIpc) is 2.78. The van der Waals surface area contributed by atoms with Crippen molar-refractivity contribution in [3.05, 3.63) is 69.5 Å². The topological polar surface area (TPSA) is 32.6 Å². The molecule has 1 heterocycles. The van der Waals surface area contributed by atoms with Crippen molar-refractivity contribution in [2.45, 2.75) is 6.92 Å². The predicted molar refractivity (Wildman–Crippen MR) is 97.3 cm³/mol. The molecule has 3 rings (SSSR count). The maximum atomic E-state index is 14.8. The first-order valence-corrected chi connectivity index (χ1v) is 8.32. The fourth-order valence-electron chi connectivity index (χ4n) is 3.01. The first-order valence-electron chi connectivity index (χ1n) is 7.19. The minimum atomic E-state index is -0.665. The van der Waals surface area contributed by atoms with E-state index in [0.717, 1.165) is 6.07 Å². The van der Waals surface area contributed by atoms with E-state index in [0.29, 0.717) is 5.70 Å². The van der Waals surface area contributed by atoms with Crippen LogP contribution in [0.15, 0.2) is 52.8 Å². The Morgan fingerprint density at radius 3 is 2.40 bits per heavy atom. The molecule has 0 aliphatic carbocycles. The van der Waals surface area contributed by atoms with Crippen LogP contribution in [-0.4, -0.2) is 17.0 Å². The third-order valence-corrected chi connectivity index (χ3v) is 5.00. The van der Waals surface area contributed by atoms with Crippen molar-refractivity contribution in [1.29, 1.82) is 0 Å². The lowest BCUT2D eigenvalue weighted by Gasteiger charge is -2.34. The van der Waals surface area contributed by atoms with Gasteiger partial charge in [-0.3, -0.25) is 0 Å². The summed E-state index contributed by atoms with van der Waals surface area (Å²) < 4.78 is 27.7. The number of rotatable bonds is 3. The summed E-state index contributed by atoms with van der Waals surface area (Å²) in [5.74, 6) is -1.23. The number of aliphatic hydroxyl groups excluding tert-OH is 1. The molecule has 0 radical (unpaired) electrons. The zero-order chi connectivity index (χ0) is 18.4. The monoisotopic (exact) mass is 403 g/mol. The highest BCUT2D eigenvalue weighted by Gasteiger charge is 2.52. The Morgan fingerprint density at radius 2 is 1.80 bits per heavy atom. The summed E-state index contributed by atoms with van der Waals surface area (Å²) in [5, 5.41) is 9.93. The van der Waals surface area contributed by atoms with Gasteiger partial charge in [-0.1, -0.05) is 29.3 Å². The van der Waals surface area contributed by atoms with Crippen molar-refractivity contribution in [3.8, 4) is 0 Å². The molecule has 130 valence electrons. The second-order valence-electron chi connectivity index (χ2n) is 5.41. The van der Waals surface area contributed by atoms with Gasteiger partial charge in [-0.15, -0.1) is 0 Å². The van der Waals surface area contributed by atoms with Crippen molar-refractivity contribution in [2.24, 2.45) is 4.99 Å². The van der Waals surface area contributed by atoms with Crippen molar-refractivity contribution in [3.63, 3.8) is 0 Å². The van der Waals surface area contributed by atoms with E-state index in [1.165, 1.54) is 30.3 Å². The summed E-state index contributed by atoms with van der Waals surface area (Å²) in [6.07, 6.45) is 0. The lowest BCUT2D eigenvalue weighted by molar-refractivity contribution is 0.309. The highest BCUT2D eigenvalue weighted by molar-refractivity contribution is 6.68. The van der Waals surface area contributed by atoms with Gasteiger partial charge in [0.05, 0.1) is 0 Å². The predicted octanol–water partition coefficient (Wildman–Crippen LogP) is 5.74. The number of aliphatic hydroxyl groups is 1. The van der Waals surface area contributed by atoms with Gasteiger partial charge in [0.15, 0.2) is 17.2 Å². The second kappa shape index (κ2) is 6.67. The normalized spacial score (nSPS) is 20.2. The van der Waals surface area contributed by atoms with Gasteiger partial charge in [0.1, 0.15) is 28.2 Å². The zero-order valence-corrected chi connectivity index (χ0v) is 15.2. The van der Waals surface area contributed by atoms with E-state index in [1.54, 1.807) is 6.92 Å². The molecule has 25 heavy (non-hydrogen) atoms. The Hall–Kier alpha value is -1.50. The average molecular weight is 405 g/mol. The van der Waals surface area contributed by atoms with Crippen LogP contribution < -0.4 is 4.48 Å². The maximum Gasteiger partial charge on any atom is 0.315 e. The largest absolute Gasteiger partial charge is 0.386 e. The molecular formula is C17H12Cl3F2N2O+. The van der Waals surface area contributed by atoms with Crippen LogP contribution in [0, 0.1) is 11.6 Å². The van der Waals surface area contributed by atoms with E-state index in [-0.39, 0.29) is 32.4 Å². The Kier molecular flexibility index (Phi) is 4.88. The summed E-state index contributed by atoms with van der Waals surface area (Å²) >= 11 is 18.9. The number of amidine groups is 1. The lowest BCUT2D eigenvalue weighted by atomic mass is 10.1. The van der Waals surface area contributed by atoms with Crippen LogP contribution in [-0.2, 0) is 0 Å². The van der Waals surface area contributed by atoms with E-state index < -0.39 is 22.7 Å². The molecule has 1 aliphatic heterocycles. The fourth-order valence-corrected chi connectivity index (χ4v) is 4.00. The summed E-state index contributed by atoms with van der Waals surface area (Å²) in [6, 6.07) is 7.77. The highest BCUT2D eigenvalue weighted by atomic mass is 35.5. The standard InChI is InChI=1S/C17H12Cl3F2N2O/c1-9-15(8-25)24(17(20)23-9,14-6-5-10(21)7-12(14)19)16-11(18)3-2-4-13(16)22/h2-7,25H,8H2,1H3/q+1. The molecule has 2 aromatic carbocycles. The first kappa shape index (κ1) is 18.3. The molecule has 2 aromatic rings. The number of para-hydroxylation sites is 1. The molecule has 0 bridgehead atoms. The molecule has 8 heteroatoms. The highest BCUT2D eigenvalue weighted by Crippen LogP contribution is 2.51. The number of benzene rings is 2. The summed E-state index contributed by atoms with van der Waals surface area (Å²) in [5.41, 5.74) is 0.842. The van der Waals surface area contributed by atoms with Crippen LogP contribution in [0.5, 0.6) is 0 Å². The number of quaternary nitrogens is 1. The van der Waals surface area contributed by atoms with Crippen LogP contribution in [0.25, 0.3) is 0 Å². The second-order valence-corrected chi connectivity index (χ2v) is 6.56. The van der Waals surface area contributed by atoms with E-state index in [4.69, 9.17) is 34.8 Å². The molecule has 0 spiro atoms. The number of nitrogens with zero attached hydrogens (tertiary/aromatic N) is 2. The van der Waals surface area contributed by atoms with Crippen LogP contribution in [0.1, 0.15) is 6.92 Å². The van der Waals surface area contributed by atoms with Crippen LogP contribution in [0.2, 0.25) is 10.0 Å². The summed E-state index contributed by atoms with van der Waals surface area (Å²) in [7, 11) is 0. The number of aliphatic imine (C=N–C) groups is 1. The van der Waals surface area contributed by atoms with Crippen LogP contribution in [0.3, 0.4) is 0 Å². The Labute approximate surface area is 158 Å². The molecule has 0 aromatic heterocycles. The smallest absolute Gasteiger partial charge is 0.315 e. The molecule has 1 aliphatic rings. The van der Waals surface area contributed by atoms with Gasteiger partial charge < -0.3 is 5.11 Å². The Balaban J connectivity index is 2.49. The lowest BCUT2D eigenvalue weighted by Crippen LogP contribution is -2.46. The van der Waals surface area contributed by atoms with Gasteiger partial charge in [-0.2, -0.15) is 9.48 Å². The van der Waals surface area contributed by atoms with Gasteiger partial charge in [-0.05, 0) is 31.2 Å². The third kappa shape index (κ3) is 2.67. The molecule has 0 saturated carbocycles. The SMILES string of the molecule is CC1=C(CO)[N+](c2ccc(F)cc2Cl)(c2c(F)cccc2Cl)C(Cl)=N1. The number of hydrogen-bond donors (Lipinski definition) is 1. The molecule has 1 unspecified atom stereocenters. The molecule has 1 atom stereocenters. The van der Waals surface area contributed by atoms with Crippen LogP contribution in [0.4, 0.5) is 20.2 Å². The number of halogens is 5. The van der Waals surface area contributed by atoms with Crippen molar-refractivity contribution in [1.82, 2.24) is 4.48 Å².